The average molecular weight is 415 g/mol. The van der Waals surface area contributed by atoms with Crippen molar-refractivity contribution in [2.24, 2.45) is 5.10 Å². The van der Waals surface area contributed by atoms with Gasteiger partial charge in [0.15, 0.2) is 5.82 Å². The summed E-state index contributed by atoms with van der Waals surface area (Å²) in [6, 6.07) is 13.7. The second kappa shape index (κ2) is 7.94. The van der Waals surface area contributed by atoms with E-state index in [9.17, 15) is 4.39 Å². The van der Waals surface area contributed by atoms with Crippen LogP contribution in [0.4, 0.5) is 10.2 Å². The van der Waals surface area contributed by atoms with Crippen molar-refractivity contribution in [2.45, 2.75) is 19.0 Å². The molecule has 5 rings (SSSR count). The van der Waals surface area contributed by atoms with E-state index in [0.29, 0.717) is 46.3 Å². The third kappa shape index (κ3) is 3.73. The highest BCUT2D eigenvalue weighted by Crippen LogP contribution is 2.33. The summed E-state index contributed by atoms with van der Waals surface area (Å²) in [5, 5.41) is 10.5. The highest BCUT2D eigenvalue weighted by atomic mass is 19.1. The number of pyridine rings is 1. The molecule has 9 heteroatoms. The van der Waals surface area contributed by atoms with Crippen LogP contribution in [0.15, 0.2) is 76.8 Å². The van der Waals surface area contributed by atoms with Crippen LogP contribution in [0, 0.1) is 5.82 Å². The molecule has 0 bridgehead atoms. The Morgan fingerprint density at radius 3 is 2.71 bits per heavy atom. The minimum Gasteiger partial charge on any atom is -0.383 e. The molecule has 1 atom stereocenters. The van der Waals surface area contributed by atoms with E-state index in [1.807, 2.05) is 18.2 Å². The molecule has 1 aliphatic heterocycles. The van der Waals surface area contributed by atoms with Gasteiger partial charge in [0.2, 0.25) is 0 Å². The van der Waals surface area contributed by atoms with Gasteiger partial charge in [0.25, 0.3) is 0 Å². The second-order valence-electron chi connectivity index (χ2n) is 7.09. The fourth-order valence-electron chi connectivity index (χ4n) is 3.54. The molecular formula is C22H18FN7O. The van der Waals surface area contributed by atoms with E-state index in [1.165, 1.54) is 12.3 Å². The number of nitrogen functional groups attached to an aromatic ring is 1. The zero-order valence-corrected chi connectivity index (χ0v) is 16.4. The van der Waals surface area contributed by atoms with Gasteiger partial charge in [-0.25, -0.2) is 14.4 Å². The number of halogens is 1. The lowest BCUT2D eigenvalue weighted by Crippen LogP contribution is -2.20. The lowest BCUT2D eigenvalue weighted by Gasteiger charge is -2.21. The number of hydrogen-bond acceptors (Lipinski definition) is 8. The van der Waals surface area contributed by atoms with Crippen LogP contribution in [0.25, 0.3) is 11.3 Å². The predicted molar refractivity (Wildman–Crippen MR) is 112 cm³/mol. The van der Waals surface area contributed by atoms with Crippen molar-refractivity contribution in [1.29, 1.82) is 0 Å². The Morgan fingerprint density at radius 1 is 1.10 bits per heavy atom. The van der Waals surface area contributed by atoms with E-state index < -0.39 is 0 Å². The van der Waals surface area contributed by atoms with Crippen molar-refractivity contribution in [3.63, 3.8) is 0 Å². The summed E-state index contributed by atoms with van der Waals surface area (Å²) in [4.78, 5) is 13.2. The first-order valence-electron chi connectivity index (χ1n) is 9.71. The number of nitrogens with zero attached hydrogens (tertiary/aromatic N) is 6. The van der Waals surface area contributed by atoms with Gasteiger partial charge in [0.1, 0.15) is 29.3 Å². The zero-order valence-electron chi connectivity index (χ0n) is 16.4. The van der Waals surface area contributed by atoms with Gasteiger partial charge in [-0.15, -0.1) is 0 Å². The predicted octanol–water partition coefficient (Wildman–Crippen LogP) is 3.60. The molecule has 0 saturated carbocycles. The molecule has 31 heavy (non-hydrogen) atoms. The van der Waals surface area contributed by atoms with Crippen LogP contribution in [0.2, 0.25) is 0 Å². The Kier molecular flexibility index (Phi) is 4.83. The van der Waals surface area contributed by atoms with E-state index in [4.69, 9.17) is 10.3 Å². The fourth-order valence-corrected chi connectivity index (χ4v) is 3.54. The molecule has 154 valence electrons. The molecule has 0 radical (unpaired) electrons. The highest BCUT2D eigenvalue weighted by Gasteiger charge is 2.32. The molecule has 0 amide bonds. The van der Waals surface area contributed by atoms with Gasteiger partial charge >= 0.3 is 0 Å². The van der Waals surface area contributed by atoms with Gasteiger partial charge in [-0.1, -0.05) is 29.4 Å². The molecule has 0 spiro atoms. The Balaban J connectivity index is 1.47. The molecule has 1 unspecified atom stereocenters. The standard InChI is InChI=1S/C22H18FN7O/c23-16-6-2-1-5-14(16)13-30-20(18-8-10-31-29-18)11-19(28-30)22-26-12-15(21(24)27-22)17-7-3-4-9-25-17/h1-10,12,20H,11,13H2,(H2,24,26,27). The lowest BCUT2D eigenvalue weighted by atomic mass is 10.1. The molecule has 1 aromatic carbocycles. The van der Waals surface area contributed by atoms with E-state index >= 15 is 0 Å². The molecule has 2 N–H and O–H groups in total. The summed E-state index contributed by atoms with van der Waals surface area (Å²) in [6.07, 6.45) is 5.33. The second-order valence-corrected chi connectivity index (χ2v) is 7.09. The summed E-state index contributed by atoms with van der Waals surface area (Å²) in [5.74, 6) is 0.448. The van der Waals surface area contributed by atoms with E-state index in [2.05, 4.69) is 25.2 Å². The van der Waals surface area contributed by atoms with Crippen LogP contribution in [0.3, 0.4) is 0 Å². The first-order chi connectivity index (χ1) is 15.2. The number of aromatic nitrogens is 4. The minimum atomic E-state index is -0.287. The Morgan fingerprint density at radius 2 is 1.97 bits per heavy atom. The lowest BCUT2D eigenvalue weighted by molar-refractivity contribution is 0.211. The van der Waals surface area contributed by atoms with Crippen molar-refractivity contribution in [3.05, 3.63) is 90.1 Å². The van der Waals surface area contributed by atoms with Crippen molar-refractivity contribution in [3.8, 4) is 11.3 Å². The van der Waals surface area contributed by atoms with Crippen LogP contribution in [-0.2, 0) is 6.54 Å². The quantitative estimate of drug-likeness (QED) is 0.531. The SMILES string of the molecule is Nc1nc(C2=NN(Cc3ccccc3F)C(c3ccon3)C2)ncc1-c1ccccn1. The maximum Gasteiger partial charge on any atom is 0.177 e. The van der Waals surface area contributed by atoms with Crippen LogP contribution >= 0.6 is 0 Å². The van der Waals surface area contributed by atoms with Crippen molar-refractivity contribution in [2.75, 3.05) is 5.73 Å². The van der Waals surface area contributed by atoms with Crippen LogP contribution in [0.5, 0.6) is 0 Å². The topological polar surface area (TPSA) is 106 Å². The average Bonchev–Trinajstić information content (AvgIpc) is 3.46. The third-order valence-electron chi connectivity index (χ3n) is 5.10. The van der Waals surface area contributed by atoms with E-state index in [0.717, 1.165) is 0 Å². The Bertz CT molecular complexity index is 1230. The summed E-state index contributed by atoms with van der Waals surface area (Å²) in [6.45, 7) is 0.273. The Hall–Kier alpha value is -4.14. The molecule has 0 fully saturated rings. The Labute approximate surface area is 177 Å². The maximum atomic E-state index is 14.2. The smallest absolute Gasteiger partial charge is 0.177 e. The maximum absolute atomic E-state index is 14.2. The summed E-state index contributed by atoms with van der Waals surface area (Å²) < 4.78 is 19.2. The van der Waals surface area contributed by atoms with Crippen LogP contribution < -0.4 is 5.73 Å². The number of hydrazone groups is 1. The van der Waals surface area contributed by atoms with E-state index in [-0.39, 0.29) is 18.4 Å². The van der Waals surface area contributed by atoms with Crippen LogP contribution in [-0.4, -0.2) is 30.8 Å². The zero-order chi connectivity index (χ0) is 21.2. The van der Waals surface area contributed by atoms with Gasteiger partial charge in [-0.2, -0.15) is 5.10 Å². The molecule has 3 aromatic heterocycles. The van der Waals surface area contributed by atoms with Crippen LogP contribution in [0.1, 0.15) is 29.5 Å². The largest absolute Gasteiger partial charge is 0.383 e. The molecule has 0 saturated heterocycles. The van der Waals surface area contributed by atoms with Gasteiger partial charge in [-0.05, 0) is 18.2 Å². The monoisotopic (exact) mass is 415 g/mol. The van der Waals surface area contributed by atoms with Crippen molar-refractivity contribution >= 4 is 11.5 Å². The fraction of sp³-hybridized carbons (Fsp3) is 0.136. The summed E-state index contributed by atoms with van der Waals surface area (Å²) in [7, 11) is 0. The molecule has 4 heterocycles. The normalized spacial score (nSPS) is 15.8. The summed E-state index contributed by atoms with van der Waals surface area (Å²) in [5.41, 5.74) is 9.42. The van der Waals surface area contributed by atoms with Gasteiger partial charge in [0.05, 0.1) is 23.8 Å². The minimum absolute atomic E-state index is 0.228. The van der Waals surface area contributed by atoms with E-state index in [1.54, 1.807) is 41.7 Å². The van der Waals surface area contributed by atoms with Gasteiger partial charge in [0, 0.05) is 30.4 Å². The molecule has 4 aromatic rings. The molecular weight excluding hydrogens is 397 g/mol. The number of hydrogen-bond donors (Lipinski definition) is 1. The first kappa shape index (κ1) is 18.9. The van der Waals surface area contributed by atoms with Gasteiger partial charge in [-0.3, -0.25) is 9.99 Å². The first-order valence-corrected chi connectivity index (χ1v) is 9.71. The third-order valence-corrected chi connectivity index (χ3v) is 5.10. The molecule has 8 nitrogen and oxygen atoms in total. The highest BCUT2D eigenvalue weighted by molar-refractivity contribution is 5.99. The van der Waals surface area contributed by atoms with Crippen molar-refractivity contribution < 1.29 is 8.91 Å². The van der Waals surface area contributed by atoms with Crippen molar-refractivity contribution in [1.82, 2.24) is 25.1 Å². The molecule has 0 aliphatic carbocycles. The summed E-state index contributed by atoms with van der Waals surface area (Å²) >= 11 is 0. The number of anilines is 1. The number of nitrogens with two attached hydrogens (primary N) is 1. The number of rotatable bonds is 5. The van der Waals surface area contributed by atoms with Gasteiger partial charge < -0.3 is 10.3 Å². The number of benzene rings is 1. The molecule has 1 aliphatic rings.